The molecule has 0 aromatic heterocycles. The molecule has 0 radical (unpaired) electrons. The highest BCUT2D eigenvalue weighted by molar-refractivity contribution is 5.66. The third-order valence-electron chi connectivity index (χ3n) is 9.69. The summed E-state index contributed by atoms with van der Waals surface area (Å²) in [4.78, 5) is 10.8. The van der Waals surface area contributed by atoms with Crippen molar-refractivity contribution in [2.45, 2.75) is 91.1 Å². The molecule has 0 aliphatic heterocycles. The smallest absolute Gasteiger partial charge is 0.303 e. The molecule has 0 heterocycles. The second kappa shape index (κ2) is 7.87. The van der Waals surface area contributed by atoms with Gasteiger partial charge in [0.2, 0.25) is 0 Å². The average Bonchev–Trinajstić information content (AvgIpc) is 3.03. The van der Waals surface area contributed by atoms with E-state index >= 15 is 0 Å². The summed E-state index contributed by atoms with van der Waals surface area (Å²) in [6.07, 6.45) is 17.3. The maximum Gasteiger partial charge on any atom is 0.303 e. The van der Waals surface area contributed by atoms with Gasteiger partial charge in [-0.15, -0.1) is 0 Å². The summed E-state index contributed by atoms with van der Waals surface area (Å²) in [6, 6.07) is 0. The van der Waals surface area contributed by atoms with E-state index in [0.717, 1.165) is 42.9 Å². The van der Waals surface area contributed by atoms with Crippen LogP contribution in [0.4, 0.5) is 0 Å². The Kier molecular flexibility index (Phi) is 5.74. The largest absolute Gasteiger partial charge is 0.481 e. The molecule has 8 atom stereocenters. The van der Waals surface area contributed by atoms with Crippen LogP contribution in [0.5, 0.6) is 0 Å². The van der Waals surface area contributed by atoms with Gasteiger partial charge in [-0.05, 0) is 80.0 Å². The number of carboxylic acid groups (broad SMARTS) is 1. The van der Waals surface area contributed by atoms with Gasteiger partial charge in [-0.25, -0.2) is 0 Å². The molecule has 4 aliphatic rings. The first-order valence-electron chi connectivity index (χ1n) is 12.0. The Labute approximate surface area is 176 Å². The molecule has 4 rings (SSSR count). The minimum absolute atomic E-state index is 0.157. The van der Waals surface area contributed by atoms with E-state index in [1.54, 1.807) is 0 Å². The molecule has 2 N–H and O–H groups in total. The van der Waals surface area contributed by atoms with Crippen molar-refractivity contribution in [2.24, 2.45) is 40.4 Å². The number of rotatable bonds is 6. The number of aliphatic hydroxyl groups excluding tert-OH is 1. The van der Waals surface area contributed by atoms with Crippen molar-refractivity contribution in [3.05, 3.63) is 23.8 Å². The zero-order valence-corrected chi connectivity index (χ0v) is 18.6. The van der Waals surface area contributed by atoms with Crippen molar-refractivity contribution in [3.63, 3.8) is 0 Å². The van der Waals surface area contributed by atoms with E-state index in [-0.39, 0.29) is 11.5 Å². The van der Waals surface area contributed by atoms with Crippen LogP contribution in [0.15, 0.2) is 23.8 Å². The van der Waals surface area contributed by atoms with Crippen LogP contribution in [0.2, 0.25) is 0 Å². The molecule has 0 bridgehead atoms. The number of unbranched alkanes of at least 4 members (excludes halogenated alkanes) is 1. The lowest BCUT2D eigenvalue weighted by molar-refractivity contribution is -0.137. The van der Waals surface area contributed by atoms with Crippen LogP contribution in [-0.2, 0) is 4.79 Å². The van der Waals surface area contributed by atoms with Crippen molar-refractivity contribution in [1.29, 1.82) is 0 Å². The lowest BCUT2D eigenvalue weighted by atomic mass is 9.48. The van der Waals surface area contributed by atoms with E-state index in [1.165, 1.54) is 44.1 Å². The molecule has 0 aromatic carbocycles. The predicted molar refractivity (Wildman–Crippen MR) is 116 cm³/mol. The molecule has 2 saturated carbocycles. The van der Waals surface area contributed by atoms with Gasteiger partial charge in [-0.2, -0.15) is 0 Å². The second-order valence-corrected chi connectivity index (χ2v) is 11.1. The third kappa shape index (κ3) is 3.62. The number of hydrogen-bond donors (Lipinski definition) is 2. The summed E-state index contributed by atoms with van der Waals surface area (Å²) < 4.78 is 0. The summed E-state index contributed by atoms with van der Waals surface area (Å²) >= 11 is 0. The van der Waals surface area contributed by atoms with Crippen molar-refractivity contribution in [1.82, 2.24) is 0 Å². The van der Waals surface area contributed by atoms with Crippen LogP contribution in [0, 0.1) is 40.4 Å². The number of aliphatic carboxylic acids is 1. The molecule has 6 unspecified atom stereocenters. The molecular formula is C26H40O3. The average molecular weight is 401 g/mol. The fourth-order valence-corrected chi connectivity index (χ4v) is 8.15. The van der Waals surface area contributed by atoms with Crippen LogP contribution in [0.25, 0.3) is 0 Å². The van der Waals surface area contributed by atoms with Crippen LogP contribution in [0.3, 0.4) is 0 Å². The Morgan fingerprint density at radius 1 is 1.21 bits per heavy atom. The zero-order valence-electron chi connectivity index (χ0n) is 18.6. The van der Waals surface area contributed by atoms with Gasteiger partial charge in [0.1, 0.15) is 0 Å². The third-order valence-corrected chi connectivity index (χ3v) is 9.69. The molecule has 3 nitrogen and oxygen atoms in total. The van der Waals surface area contributed by atoms with E-state index in [0.29, 0.717) is 17.8 Å². The van der Waals surface area contributed by atoms with Crippen LogP contribution < -0.4 is 0 Å². The highest BCUT2D eigenvalue weighted by Crippen LogP contribution is 2.66. The molecule has 2 fully saturated rings. The highest BCUT2D eigenvalue weighted by atomic mass is 16.4. The van der Waals surface area contributed by atoms with Crippen molar-refractivity contribution in [2.75, 3.05) is 0 Å². The molecule has 0 amide bonds. The fraction of sp³-hybridized carbons (Fsp3) is 0.808. The molecule has 0 aromatic rings. The molecular weight excluding hydrogens is 360 g/mol. The van der Waals surface area contributed by atoms with Gasteiger partial charge in [0, 0.05) is 11.8 Å². The van der Waals surface area contributed by atoms with Crippen molar-refractivity contribution >= 4 is 5.97 Å². The topological polar surface area (TPSA) is 57.5 Å². The Morgan fingerprint density at radius 2 is 2.00 bits per heavy atom. The van der Waals surface area contributed by atoms with E-state index in [4.69, 9.17) is 5.11 Å². The lowest BCUT2D eigenvalue weighted by Crippen LogP contribution is -2.49. The van der Waals surface area contributed by atoms with Gasteiger partial charge in [0.15, 0.2) is 0 Å². The number of carboxylic acids is 1. The van der Waals surface area contributed by atoms with Gasteiger partial charge in [0.25, 0.3) is 0 Å². The molecule has 0 saturated heterocycles. The summed E-state index contributed by atoms with van der Waals surface area (Å²) in [5.41, 5.74) is 2.09. The van der Waals surface area contributed by atoms with E-state index in [2.05, 4.69) is 32.9 Å². The monoisotopic (exact) mass is 400 g/mol. The fourth-order valence-electron chi connectivity index (χ4n) is 8.15. The van der Waals surface area contributed by atoms with Crippen molar-refractivity contribution < 1.29 is 15.0 Å². The van der Waals surface area contributed by atoms with Crippen LogP contribution in [0.1, 0.15) is 85.0 Å². The van der Waals surface area contributed by atoms with Gasteiger partial charge in [-0.1, -0.05) is 57.4 Å². The Balaban J connectivity index is 1.46. The maximum atomic E-state index is 10.8. The quantitative estimate of drug-likeness (QED) is 0.426. The Morgan fingerprint density at radius 3 is 2.76 bits per heavy atom. The molecule has 4 aliphatic carbocycles. The first-order valence-corrected chi connectivity index (χ1v) is 12.0. The minimum Gasteiger partial charge on any atom is -0.481 e. The number of allylic oxidation sites excluding steroid dienone is 2. The number of fused-ring (bicyclic) bond motifs is 5. The van der Waals surface area contributed by atoms with E-state index in [9.17, 15) is 9.90 Å². The van der Waals surface area contributed by atoms with Gasteiger partial charge < -0.3 is 10.2 Å². The van der Waals surface area contributed by atoms with Gasteiger partial charge >= 0.3 is 5.97 Å². The molecule has 0 spiro atoms. The minimum atomic E-state index is -0.661. The van der Waals surface area contributed by atoms with Gasteiger partial charge in [-0.3, -0.25) is 4.79 Å². The van der Waals surface area contributed by atoms with E-state index < -0.39 is 5.97 Å². The summed E-state index contributed by atoms with van der Waals surface area (Å²) in [5, 5.41) is 19.0. The SMILES string of the molecule is C[C@H](CCCCC(=O)O)C1CCC2C3CC=C4CC(O)C=CC4(C)[C@H]3CCC21C. The summed E-state index contributed by atoms with van der Waals surface area (Å²) in [7, 11) is 0. The predicted octanol–water partition coefficient (Wildman–Crippen LogP) is 5.98. The first-order chi connectivity index (χ1) is 13.8. The first kappa shape index (κ1) is 21.2. The maximum absolute atomic E-state index is 10.8. The standard InChI is InChI=1S/C26H40O3/c1-17(6-4-5-7-24(28)29)21-10-11-22-20-9-8-18-16-19(27)12-14-25(18,2)23(20)13-15-26(21,22)3/h8,12,14,17,19-23,27H,4-7,9-11,13,15-16H2,1-3H3,(H,28,29)/t17-,19?,20?,21?,22?,23+,25?,26?/m1/s1. The molecule has 3 heteroatoms. The van der Waals surface area contributed by atoms with Crippen molar-refractivity contribution in [3.8, 4) is 0 Å². The normalized spacial score (nSPS) is 44.4. The number of carbonyl (C=O) groups is 1. The van der Waals surface area contributed by atoms with E-state index in [1.807, 2.05) is 6.08 Å². The zero-order chi connectivity index (χ0) is 20.8. The molecule has 29 heavy (non-hydrogen) atoms. The van der Waals surface area contributed by atoms with Crippen LogP contribution >= 0.6 is 0 Å². The summed E-state index contributed by atoms with van der Waals surface area (Å²) in [6.45, 7) is 7.44. The Bertz CT molecular complexity index is 694. The number of aliphatic hydroxyl groups is 1. The summed E-state index contributed by atoms with van der Waals surface area (Å²) in [5.74, 6) is 3.17. The highest BCUT2D eigenvalue weighted by Gasteiger charge is 2.58. The number of hydrogen-bond acceptors (Lipinski definition) is 2. The van der Waals surface area contributed by atoms with Gasteiger partial charge in [0.05, 0.1) is 6.10 Å². The lowest BCUT2D eigenvalue weighted by Gasteiger charge is -2.57. The molecule has 162 valence electrons. The Hall–Kier alpha value is -1.09. The van der Waals surface area contributed by atoms with Crippen LogP contribution in [-0.4, -0.2) is 22.3 Å². The second-order valence-electron chi connectivity index (χ2n) is 11.1.